The summed E-state index contributed by atoms with van der Waals surface area (Å²) in [5.41, 5.74) is 2.14. The van der Waals surface area contributed by atoms with E-state index in [-0.39, 0.29) is 10.9 Å². The summed E-state index contributed by atoms with van der Waals surface area (Å²) in [7, 11) is -3.69. The third kappa shape index (κ3) is 5.97. The van der Waals surface area contributed by atoms with Crippen molar-refractivity contribution in [3.8, 4) is 17.1 Å². The lowest BCUT2D eigenvalue weighted by molar-refractivity contribution is 0.0800. The van der Waals surface area contributed by atoms with Crippen molar-refractivity contribution < 1.29 is 17.7 Å². The van der Waals surface area contributed by atoms with Gasteiger partial charge in [-0.1, -0.05) is 35.0 Å². The van der Waals surface area contributed by atoms with Gasteiger partial charge in [0.25, 0.3) is 0 Å². The van der Waals surface area contributed by atoms with E-state index in [1.165, 1.54) is 17.7 Å². The largest absolute Gasteiger partial charge is 0.492 e. The van der Waals surface area contributed by atoms with Gasteiger partial charge < -0.3 is 9.26 Å². The highest BCUT2D eigenvalue weighted by Gasteiger charge is 2.26. The fraction of sp³-hybridized carbons (Fsp3) is 0.391. The van der Waals surface area contributed by atoms with Crippen LogP contribution in [0.1, 0.15) is 24.4 Å². The number of aryl methyl sites for hydroxylation is 1. The van der Waals surface area contributed by atoms with Crippen LogP contribution < -0.4 is 9.88 Å². The molecule has 2 N–H and O–H groups in total. The van der Waals surface area contributed by atoms with Crippen LogP contribution in [-0.2, 0) is 10.0 Å². The summed E-state index contributed by atoms with van der Waals surface area (Å²) >= 11 is 0. The molecule has 0 bridgehead atoms. The maximum Gasteiger partial charge on any atom is 0.244 e. The molecule has 0 amide bonds. The van der Waals surface area contributed by atoms with Crippen LogP contribution in [0.5, 0.6) is 5.75 Å². The van der Waals surface area contributed by atoms with Gasteiger partial charge in [-0.15, -0.1) is 0 Å². The van der Waals surface area contributed by atoms with Gasteiger partial charge in [-0.05, 0) is 38.1 Å². The average molecular weight is 472 g/mol. The van der Waals surface area contributed by atoms with E-state index in [2.05, 4.69) is 26.9 Å². The molecule has 1 aromatic heterocycles. The van der Waals surface area contributed by atoms with Crippen LogP contribution in [0.4, 0.5) is 0 Å². The number of ether oxygens (including phenoxy) is 1. The molecule has 176 valence electrons. The van der Waals surface area contributed by atoms with Gasteiger partial charge in [0.15, 0.2) is 0 Å². The molecule has 33 heavy (non-hydrogen) atoms. The predicted octanol–water partition coefficient (Wildman–Crippen LogP) is 2.45. The van der Waals surface area contributed by atoms with E-state index in [0.717, 1.165) is 38.3 Å². The van der Waals surface area contributed by atoms with E-state index < -0.39 is 10.0 Å². The highest BCUT2D eigenvalue weighted by molar-refractivity contribution is 7.89. The molecule has 0 aliphatic carbocycles. The summed E-state index contributed by atoms with van der Waals surface area (Å²) in [6.07, 6.45) is 0. The molecule has 0 spiro atoms. The van der Waals surface area contributed by atoms with Crippen LogP contribution >= 0.6 is 0 Å². The summed E-state index contributed by atoms with van der Waals surface area (Å²) in [5.74, 6) is 1.87. The molecule has 1 atom stereocenters. The molecule has 1 unspecified atom stereocenters. The summed E-state index contributed by atoms with van der Waals surface area (Å²) in [6, 6.07) is 14.3. The van der Waals surface area contributed by atoms with Gasteiger partial charge in [0.1, 0.15) is 12.4 Å². The van der Waals surface area contributed by atoms with Crippen molar-refractivity contribution >= 4 is 10.0 Å². The number of nitrogens with zero attached hydrogens (tertiary/aromatic N) is 4. The predicted molar refractivity (Wildman–Crippen MR) is 124 cm³/mol. The highest BCUT2D eigenvalue weighted by Crippen LogP contribution is 2.24. The normalized spacial score (nSPS) is 16.6. The summed E-state index contributed by atoms with van der Waals surface area (Å²) in [5, 5.41) is 9.27. The number of hydrogen-bond donors (Lipinski definition) is 1. The topological polar surface area (TPSA) is 115 Å². The Kier molecular flexibility index (Phi) is 7.08. The second-order valence-electron chi connectivity index (χ2n) is 8.24. The fourth-order valence-corrected chi connectivity index (χ4v) is 4.29. The molecule has 2 aromatic carbocycles. The van der Waals surface area contributed by atoms with Crippen molar-refractivity contribution in [2.45, 2.75) is 24.8 Å². The molecule has 3 aromatic rings. The van der Waals surface area contributed by atoms with Gasteiger partial charge >= 0.3 is 0 Å². The smallest absolute Gasteiger partial charge is 0.244 e. The Bertz CT molecular complexity index is 1150. The molecule has 1 aliphatic heterocycles. The maximum absolute atomic E-state index is 11.3. The third-order valence-corrected chi connectivity index (χ3v) is 6.82. The van der Waals surface area contributed by atoms with E-state index >= 15 is 0 Å². The van der Waals surface area contributed by atoms with Crippen molar-refractivity contribution in [3.63, 3.8) is 0 Å². The third-order valence-electron chi connectivity index (χ3n) is 5.89. The maximum atomic E-state index is 11.3. The number of rotatable bonds is 8. The van der Waals surface area contributed by atoms with Gasteiger partial charge in [0, 0.05) is 38.3 Å². The minimum absolute atomic E-state index is 0.0486. The number of nitrogens with two attached hydrogens (primary N) is 1. The number of hydrogen-bond acceptors (Lipinski definition) is 8. The number of benzene rings is 2. The minimum Gasteiger partial charge on any atom is -0.492 e. The minimum atomic E-state index is -3.69. The molecule has 4 rings (SSSR count). The summed E-state index contributed by atoms with van der Waals surface area (Å²) < 4.78 is 33.9. The monoisotopic (exact) mass is 471 g/mol. The van der Waals surface area contributed by atoms with Crippen LogP contribution in [0.2, 0.25) is 0 Å². The molecular formula is C23H29N5O4S. The van der Waals surface area contributed by atoms with E-state index in [1.54, 1.807) is 12.1 Å². The molecule has 10 heteroatoms. The van der Waals surface area contributed by atoms with Gasteiger partial charge in [-0.25, -0.2) is 13.6 Å². The Morgan fingerprint density at radius 3 is 2.36 bits per heavy atom. The molecule has 1 saturated heterocycles. The zero-order chi connectivity index (χ0) is 23.4. The Labute approximate surface area is 194 Å². The van der Waals surface area contributed by atoms with Crippen molar-refractivity contribution in [2.75, 3.05) is 39.3 Å². The Morgan fingerprint density at radius 1 is 1.06 bits per heavy atom. The average Bonchev–Trinajstić information content (AvgIpc) is 3.30. The van der Waals surface area contributed by atoms with Gasteiger partial charge in [-0.3, -0.25) is 9.80 Å². The van der Waals surface area contributed by atoms with Gasteiger partial charge in [0.2, 0.25) is 21.7 Å². The van der Waals surface area contributed by atoms with Crippen LogP contribution in [-0.4, -0.2) is 67.7 Å². The van der Waals surface area contributed by atoms with E-state index in [9.17, 15) is 8.42 Å². The fourth-order valence-electron chi connectivity index (χ4n) is 3.77. The molecule has 1 fully saturated rings. The first-order chi connectivity index (χ1) is 15.8. The molecule has 2 heterocycles. The second kappa shape index (κ2) is 10.0. The van der Waals surface area contributed by atoms with Crippen molar-refractivity contribution in [2.24, 2.45) is 5.14 Å². The summed E-state index contributed by atoms with van der Waals surface area (Å²) in [4.78, 5) is 9.37. The number of sulfonamides is 1. The quantitative estimate of drug-likeness (QED) is 0.533. The first-order valence-corrected chi connectivity index (χ1v) is 12.5. The van der Waals surface area contributed by atoms with Gasteiger partial charge in [-0.2, -0.15) is 4.98 Å². The molecule has 1 aliphatic rings. The standard InChI is InChI=1S/C23H29N5O4S/c1-17-3-5-19(6-4-17)22-25-23(32-26-22)18(2)28-13-11-27(12-14-28)15-16-31-20-7-9-21(10-8-20)33(24,29)30/h3-10,18H,11-16H2,1-2H3,(H2,24,29,30). The molecule has 0 saturated carbocycles. The Hall–Kier alpha value is -2.79. The van der Waals surface area contributed by atoms with E-state index in [0.29, 0.717) is 24.1 Å². The van der Waals surface area contributed by atoms with Crippen LogP contribution in [0, 0.1) is 6.92 Å². The number of piperazine rings is 1. The number of aromatic nitrogens is 2. The lowest BCUT2D eigenvalue weighted by Gasteiger charge is -2.36. The van der Waals surface area contributed by atoms with E-state index in [4.69, 9.17) is 14.4 Å². The lowest BCUT2D eigenvalue weighted by atomic mass is 10.1. The summed E-state index contributed by atoms with van der Waals surface area (Å²) in [6.45, 7) is 9.07. The Balaban J connectivity index is 1.23. The number of primary sulfonamides is 1. The zero-order valence-electron chi connectivity index (χ0n) is 18.8. The lowest BCUT2D eigenvalue weighted by Crippen LogP contribution is -2.48. The highest BCUT2D eigenvalue weighted by atomic mass is 32.2. The Morgan fingerprint density at radius 2 is 1.73 bits per heavy atom. The zero-order valence-corrected chi connectivity index (χ0v) is 19.7. The van der Waals surface area contributed by atoms with Crippen molar-refractivity contribution in [3.05, 3.63) is 60.0 Å². The molecule has 0 radical (unpaired) electrons. The van der Waals surface area contributed by atoms with Gasteiger partial charge in [0.05, 0.1) is 10.9 Å². The second-order valence-corrected chi connectivity index (χ2v) is 9.80. The SMILES string of the molecule is Cc1ccc(-c2noc(C(C)N3CCN(CCOc4ccc(S(N)(=O)=O)cc4)CC3)n2)cc1. The van der Waals surface area contributed by atoms with Crippen LogP contribution in [0.3, 0.4) is 0 Å². The van der Waals surface area contributed by atoms with Crippen molar-refractivity contribution in [1.82, 2.24) is 19.9 Å². The van der Waals surface area contributed by atoms with Crippen LogP contribution in [0.15, 0.2) is 57.9 Å². The van der Waals surface area contributed by atoms with Crippen LogP contribution in [0.25, 0.3) is 11.4 Å². The first-order valence-electron chi connectivity index (χ1n) is 10.9. The first kappa shape index (κ1) is 23.4. The molecule has 9 nitrogen and oxygen atoms in total. The van der Waals surface area contributed by atoms with Crippen molar-refractivity contribution in [1.29, 1.82) is 0 Å². The molecular weight excluding hydrogens is 442 g/mol. The van der Waals surface area contributed by atoms with E-state index in [1.807, 2.05) is 31.2 Å².